The van der Waals surface area contributed by atoms with Gasteiger partial charge >= 0.3 is 0 Å². The number of benzene rings is 1. The van der Waals surface area contributed by atoms with Gasteiger partial charge in [-0.3, -0.25) is 0 Å². The number of nitrogens with zero attached hydrogens (tertiary/aromatic N) is 5. The Kier molecular flexibility index (Phi) is 5.54. The maximum atomic E-state index is 12.0. The molecule has 1 N–H and O–H groups in total. The Morgan fingerprint density at radius 1 is 1.11 bits per heavy atom. The van der Waals surface area contributed by atoms with Crippen molar-refractivity contribution in [1.29, 1.82) is 0 Å². The number of aromatic nitrogens is 4. The first-order valence-electron chi connectivity index (χ1n) is 12.1. The summed E-state index contributed by atoms with van der Waals surface area (Å²) < 4.78 is 33.2. The zero-order chi connectivity index (χ0) is 24.2. The number of aromatic amines is 1. The van der Waals surface area contributed by atoms with Crippen LogP contribution in [-0.4, -0.2) is 77.5 Å². The number of anilines is 1. The average molecular weight is 495 g/mol. The highest BCUT2D eigenvalue weighted by Crippen LogP contribution is 2.34. The fourth-order valence-corrected chi connectivity index (χ4v) is 6.26. The number of hydrogen-bond acceptors (Lipinski definition) is 6. The number of imidazole rings is 1. The summed E-state index contributed by atoms with van der Waals surface area (Å²) in [5.74, 6) is 0.202. The van der Waals surface area contributed by atoms with E-state index in [0.717, 1.165) is 58.6 Å². The SMILES string of the molecule is C[C@H]1COCCN1c1cc(-c2ccc3[nH]ccc3c2)nn2c(C3CCN(S(C)(=O)=O)CC3)cnc12. The van der Waals surface area contributed by atoms with Crippen LogP contribution in [-0.2, 0) is 14.8 Å². The molecule has 0 aliphatic carbocycles. The van der Waals surface area contributed by atoms with Crippen molar-refractivity contribution in [2.24, 2.45) is 0 Å². The van der Waals surface area contributed by atoms with E-state index in [9.17, 15) is 8.42 Å². The zero-order valence-corrected chi connectivity index (χ0v) is 20.8. The maximum absolute atomic E-state index is 12.0. The number of H-pyrrole nitrogens is 1. The molecule has 0 spiro atoms. The van der Waals surface area contributed by atoms with Crippen molar-refractivity contribution in [3.63, 3.8) is 0 Å². The molecule has 1 aromatic carbocycles. The molecular weight excluding hydrogens is 464 g/mol. The summed E-state index contributed by atoms with van der Waals surface area (Å²) in [5.41, 5.74) is 5.97. The summed E-state index contributed by atoms with van der Waals surface area (Å²) in [6.45, 7) is 5.37. The molecule has 0 amide bonds. The predicted octanol–water partition coefficient (Wildman–Crippen LogP) is 3.24. The molecule has 35 heavy (non-hydrogen) atoms. The Bertz CT molecular complexity index is 1490. The lowest BCUT2D eigenvalue weighted by Crippen LogP contribution is -2.44. The molecule has 3 aromatic heterocycles. The van der Waals surface area contributed by atoms with Crippen LogP contribution in [0.1, 0.15) is 31.4 Å². The van der Waals surface area contributed by atoms with Crippen LogP contribution in [0.3, 0.4) is 0 Å². The molecule has 0 saturated carbocycles. The Balaban J connectivity index is 1.45. The quantitative estimate of drug-likeness (QED) is 0.468. The number of piperidine rings is 1. The summed E-state index contributed by atoms with van der Waals surface area (Å²) >= 11 is 0. The van der Waals surface area contributed by atoms with Crippen LogP contribution in [0.15, 0.2) is 42.7 Å². The molecule has 5 heterocycles. The fourth-order valence-electron chi connectivity index (χ4n) is 5.38. The molecular formula is C25H30N6O3S. The first-order chi connectivity index (χ1) is 16.9. The minimum Gasteiger partial charge on any atom is -0.377 e. The second-order valence-corrected chi connectivity index (χ2v) is 11.6. The lowest BCUT2D eigenvalue weighted by atomic mass is 9.95. The topological polar surface area (TPSA) is 95.8 Å². The number of nitrogens with one attached hydrogen (secondary N) is 1. The van der Waals surface area contributed by atoms with Gasteiger partial charge in [0.15, 0.2) is 5.65 Å². The van der Waals surface area contributed by atoms with E-state index in [1.54, 1.807) is 4.31 Å². The van der Waals surface area contributed by atoms with Gasteiger partial charge in [0.25, 0.3) is 0 Å². The van der Waals surface area contributed by atoms with Crippen molar-refractivity contribution >= 4 is 32.3 Å². The minimum atomic E-state index is -3.17. The molecule has 10 heteroatoms. The molecule has 2 fully saturated rings. The van der Waals surface area contributed by atoms with Gasteiger partial charge in [0.05, 0.1) is 42.7 Å². The highest BCUT2D eigenvalue weighted by Gasteiger charge is 2.30. The number of rotatable bonds is 4. The molecule has 4 aromatic rings. The van der Waals surface area contributed by atoms with Crippen LogP contribution in [0.2, 0.25) is 0 Å². The Labute approximate surface area is 204 Å². The third kappa shape index (κ3) is 4.09. The highest BCUT2D eigenvalue weighted by molar-refractivity contribution is 7.88. The van der Waals surface area contributed by atoms with E-state index in [0.29, 0.717) is 26.3 Å². The maximum Gasteiger partial charge on any atom is 0.211 e. The Hall–Kier alpha value is -2.95. The Morgan fingerprint density at radius 3 is 2.71 bits per heavy atom. The van der Waals surface area contributed by atoms with Gasteiger partial charge in [-0.15, -0.1) is 0 Å². The van der Waals surface area contributed by atoms with Gasteiger partial charge in [0.1, 0.15) is 0 Å². The van der Waals surface area contributed by atoms with Gasteiger partial charge in [-0.1, -0.05) is 6.07 Å². The lowest BCUT2D eigenvalue weighted by molar-refractivity contribution is 0.0990. The third-order valence-corrected chi connectivity index (χ3v) is 8.65. The van der Waals surface area contributed by atoms with Gasteiger partial charge < -0.3 is 14.6 Å². The molecule has 2 aliphatic rings. The molecule has 0 radical (unpaired) electrons. The van der Waals surface area contributed by atoms with Crippen molar-refractivity contribution in [2.75, 3.05) is 44.0 Å². The molecule has 2 aliphatic heterocycles. The van der Waals surface area contributed by atoms with Crippen LogP contribution < -0.4 is 4.90 Å². The summed E-state index contributed by atoms with van der Waals surface area (Å²) in [5, 5.41) is 6.22. The van der Waals surface area contributed by atoms with Gasteiger partial charge in [0.2, 0.25) is 10.0 Å². The molecule has 184 valence electrons. The number of morpholine rings is 1. The Morgan fingerprint density at radius 2 is 1.94 bits per heavy atom. The number of ether oxygens (including phenoxy) is 1. The smallest absolute Gasteiger partial charge is 0.211 e. The van der Waals surface area contributed by atoms with Crippen molar-refractivity contribution in [3.8, 4) is 11.3 Å². The van der Waals surface area contributed by atoms with Crippen LogP contribution in [0.25, 0.3) is 27.8 Å². The minimum absolute atomic E-state index is 0.202. The molecule has 1 atom stereocenters. The highest BCUT2D eigenvalue weighted by atomic mass is 32.2. The van der Waals surface area contributed by atoms with Gasteiger partial charge in [-0.25, -0.2) is 22.2 Å². The van der Waals surface area contributed by atoms with E-state index in [1.807, 2.05) is 16.9 Å². The van der Waals surface area contributed by atoms with Crippen LogP contribution in [0.5, 0.6) is 0 Å². The lowest BCUT2D eigenvalue weighted by Gasteiger charge is -2.35. The molecule has 0 bridgehead atoms. The van der Waals surface area contributed by atoms with E-state index in [-0.39, 0.29) is 12.0 Å². The molecule has 9 nitrogen and oxygen atoms in total. The third-order valence-electron chi connectivity index (χ3n) is 7.34. The normalized spacial score (nSPS) is 20.7. The van der Waals surface area contributed by atoms with Gasteiger partial charge in [-0.2, -0.15) is 5.10 Å². The standard InChI is InChI=1S/C25H30N6O3S/c1-17-16-34-12-11-30(17)23-14-22(19-3-4-21-20(13-19)5-8-26-21)28-31-24(15-27-25(23)31)18-6-9-29(10-7-18)35(2,32)33/h3-5,8,13-15,17-18,26H,6-7,9-12,16H2,1-2H3/t17-/m0/s1. The van der Waals surface area contributed by atoms with E-state index in [2.05, 4.69) is 47.1 Å². The monoisotopic (exact) mass is 494 g/mol. The van der Waals surface area contributed by atoms with Crippen LogP contribution in [0.4, 0.5) is 5.69 Å². The number of sulfonamides is 1. The molecule has 2 saturated heterocycles. The van der Waals surface area contributed by atoms with E-state index < -0.39 is 10.0 Å². The number of hydrogen-bond donors (Lipinski definition) is 1. The van der Waals surface area contributed by atoms with E-state index in [4.69, 9.17) is 14.8 Å². The summed E-state index contributed by atoms with van der Waals surface area (Å²) in [7, 11) is -3.17. The average Bonchev–Trinajstić information content (AvgIpc) is 3.50. The fraction of sp³-hybridized carbons (Fsp3) is 0.440. The summed E-state index contributed by atoms with van der Waals surface area (Å²) in [6, 6.07) is 10.8. The van der Waals surface area contributed by atoms with E-state index >= 15 is 0 Å². The van der Waals surface area contributed by atoms with Crippen LogP contribution >= 0.6 is 0 Å². The first-order valence-corrected chi connectivity index (χ1v) is 14.0. The summed E-state index contributed by atoms with van der Waals surface area (Å²) in [6.07, 6.45) is 6.67. The second-order valence-electron chi connectivity index (χ2n) is 9.67. The van der Waals surface area contributed by atoms with Gasteiger partial charge in [0, 0.05) is 54.3 Å². The molecule has 6 rings (SSSR count). The predicted molar refractivity (Wildman–Crippen MR) is 136 cm³/mol. The van der Waals surface area contributed by atoms with Crippen molar-refractivity contribution < 1.29 is 13.2 Å². The van der Waals surface area contributed by atoms with Crippen molar-refractivity contribution in [2.45, 2.75) is 31.7 Å². The second kappa shape index (κ2) is 8.61. The summed E-state index contributed by atoms with van der Waals surface area (Å²) in [4.78, 5) is 10.4. The van der Waals surface area contributed by atoms with Crippen molar-refractivity contribution in [3.05, 3.63) is 48.4 Å². The first kappa shape index (κ1) is 22.5. The zero-order valence-electron chi connectivity index (χ0n) is 20.0. The van der Waals surface area contributed by atoms with Crippen LogP contribution in [0, 0.1) is 0 Å². The number of fused-ring (bicyclic) bond motifs is 2. The van der Waals surface area contributed by atoms with Gasteiger partial charge in [-0.05, 0) is 44.0 Å². The van der Waals surface area contributed by atoms with E-state index in [1.165, 1.54) is 6.26 Å². The molecule has 0 unspecified atom stereocenters. The van der Waals surface area contributed by atoms with Crippen molar-refractivity contribution in [1.82, 2.24) is 23.9 Å². The largest absolute Gasteiger partial charge is 0.377 e.